The summed E-state index contributed by atoms with van der Waals surface area (Å²) in [5.41, 5.74) is 0. The highest BCUT2D eigenvalue weighted by Gasteiger charge is 2.64. The maximum Gasteiger partial charge on any atom is 0.346 e. The Labute approximate surface area is 135 Å². The Morgan fingerprint density at radius 1 is 1.06 bits per heavy atom. The summed E-state index contributed by atoms with van der Waals surface area (Å²) in [6, 6.07) is 0. The Morgan fingerprint density at radius 2 is 1.53 bits per heavy atom. The molecule has 0 heterocycles. The van der Waals surface area contributed by atoms with Crippen LogP contribution >= 0.6 is 81.2 Å². The lowest BCUT2D eigenvalue weighted by molar-refractivity contribution is -0.144. The minimum Gasteiger partial charge on any atom is -0.463 e. The van der Waals surface area contributed by atoms with E-state index in [1.807, 2.05) is 6.92 Å². The number of carbonyl (C=O) groups is 1. The summed E-state index contributed by atoms with van der Waals surface area (Å²) >= 11 is 39.4. The molecule has 0 aliphatic heterocycles. The predicted molar refractivity (Wildman–Crippen MR) is 75.0 cm³/mol. The highest BCUT2D eigenvalue weighted by atomic mass is 35.6. The molecule has 2 nitrogen and oxygen atoms in total. The molecule has 0 aromatic heterocycles. The lowest BCUT2D eigenvalue weighted by atomic mass is 10.3. The third-order valence-corrected chi connectivity index (χ3v) is 5.56. The van der Waals surface area contributed by atoms with Crippen LogP contribution in [0.3, 0.4) is 0 Å². The molecular weight excluding hydrogens is 376 g/mol. The molecule has 9 heteroatoms. The maximum absolute atomic E-state index is 11.6. The molecule has 0 unspecified atom stereocenters. The molecule has 102 valence electrons. The van der Waals surface area contributed by atoms with Gasteiger partial charge >= 0.3 is 5.97 Å². The van der Waals surface area contributed by atoms with Crippen molar-refractivity contribution in [3.8, 4) is 0 Å². The van der Waals surface area contributed by atoms with Gasteiger partial charge in [-0.25, -0.2) is 4.79 Å². The highest BCUT2D eigenvalue weighted by Crippen LogP contribution is 2.56. The predicted octanol–water partition coefficient (Wildman–Crippen LogP) is 5.05. The number of alkyl halides is 7. The van der Waals surface area contributed by atoms with E-state index in [-0.39, 0.29) is 6.61 Å². The zero-order chi connectivity index (χ0) is 13.9. The van der Waals surface area contributed by atoms with Gasteiger partial charge < -0.3 is 4.74 Å². The Bertz CT molecular complexity index is 272. The summed E-state index contributed by atoms with van der Waals surface area (Å²) in [6.07, 6.45) is 1.46. The van der Waals surface area contributed by atoms with Crippen LogP contribution < -0.4 is 0 Å². The van der Waals surface area contributed by atoms with E-state index in [1.165, 1.54) is 0 Å². The molecule has 0 aromatic rings. The Kier molecular flexibility index (Phi) is 7.38. The molecule has 0 fully saturated rings. The summed E-state index contributed by atoms with van der Waals surface area (Å²) in [5.74, 6) is -1.06. The first-order valence-corrected chi connectivity index (χ1v) is 7.12. The number of esters is 1. The van der Waals surface area contributed by atoms with Crippen LogP contribution in [0.1, 0.15) is 19.8 Å². The fraction of sp³-hybridized carbons (Fsp3) is 0.875. The zero-order valence-electron chi connectivity index (χ0n) is 8.58. The number of hydrogen-bond donors (Lipinski definition) is 0. The quantitative estimate of drug-likeness (QED) is 0.376. The normalized spacial score (nSPS) is 13.6. The van der Waals surface area contributed by atoms with Gasteiger partial charge in [0.1, 0.15) is 0 Å². The second-order valence-corrected chi connectivity index (χ2v) is 8.07. The van der Waals surface area contributed by atoms with Gasteiger partial charge in [0, 0.05) is 0 Å². The molecule has 0 radical (unpaired) electrons. The number of hydrogen-bond acceptors (Lipinski definition) is 2. The van der Waals surface area contributed by atoms with E-state index in [1.54, 1.807) is 0 Å². The average Bonchev–Trinajstić information content (AvgIpc) is 2.15. The summed E-state index contributed by atoms with van der Waals surface area (Å²) in [5, 5.41) is 0. The van der Waals surface area contributed by atoms with E-state index < -0.39 is 18.4 Å². The maximum atomic E-state index is 11.6. The molecule has 17 heavy (non-hydrogen) atoms. The van der Waals surface area contributed by atoms with Gasteiger partial charge in [-0.2, -0.15) is 0 Å². The SMILES string of the molecule is CCCCOC(=O)C(Cl)(Cl)C(Cl)(Cl)C(Cl)(Cl)Cl. The number of unbranched alkanes of at least 4 members (excludes halogenated alkanes) is 1. The van der Waals surface area contributed by atoms with Crippen molar-refractivity contribution >= 4 is 87.2 Å². The lowest BCUT2D eigenvalue weighted by Gasteiger charge is -2.35. The molecule has 0 amide bonds. The molecule has 0 aromatic carbocycles. The molecule has 0 aliphatic carbocycles. The van der Waals surface area contributed by atoms with Crippen molar-refractivity contribution in [1.82, 2.24) is 0 Å². The van der Waals surface area contributed by atoms with Gasteiger partial charge in [0.2, 0.25) is 8.13 Å². The van der Waals surface area contributed by atoms with Gasteiger partial charge in [0.05, 0.1) is 6.61 Å². The van der Waals surface area contributed by atoms with E-state index in [4.69, 9.17) is 85.9 Å². The summed E-state index contributed by atoms with van der Waals surface area (Å²) < 4.78 is -2.22. The standard InChI is InChI=1S/C8H9Cl7O2/c1-2-3-4-17-5(16)6(9,10)7(11,12)8(13,14)15/h2-4H2,1H3. The monoisotopic (exact) mass is 382 g/mol. The minimum atomic E-state index is -2.39. The highest BCUT2D eigenvalue weighted by molar-refractivity contribution is 6.80. The molecule has 0 aliphatic rings. The van der Waals surface area contributed by atoms with Crippen LogP contribution in [0.15, 0.2) is 0 Å². The zero-order valence-corrected chi connectivity index (χ0v) is 13.9. The van der Waals surface area contributed by atoms with Crippen LogP contribution in [0.25, 0.3) is 0 Å². The summed E-state index contributed by atoms with van der Waals surface area (Å²) in [7, 11) is 0. The largest absolute Gasteiger partial charge is 0.463 e. The summed E-state index contributed by atoms with van der Waals surface area (Å²) in [6.45, 7) is 2.04. The second kappa shape index (κ2) is 6.78. The number of rotatable bonds is 5. The Hall–Kier alpha value is 1.50. The molecule has 0 spiro atoms. The van der Waals surface area contributed by atoms with E-state index in [0.29, 0.717) is 6.42 Å². The van der Waals surface area contributed by atoms with Crippen LogP contribution in [0.4, 0.5) is 0 Å². The molecule has 0 rings (SSSR count). The van der Waals surface area contributed by atoms with Crippen molar-refractivity contribution in [2.75, 3.05) is 6.61 Å². The third kappa shape index (κ3) is 4.52. The van der Waals surface area contributed by atoms with Gasteiger partial charge in [-0.1, -0.05) is 94.6 Å². The average molecular weight is 385 g/mol. The van der Waals surface area contributed by atoms with E-state index >= 15 is 0 Å². The van der Waals surface area contributed by atoms with Crippen LogP contribution in [0.2, 0.25) is 0 Å². The van der Waals surface area contributed by atoms with Crippen LogP contribution in [-0.4, -0.2) is 25.0 Å². The first-order chi connectivity index (χ1) is 7.48. The van der Waals surface area contributed by atoms with Gasteiger partial charge in [-0.3, -0.25) is 0 Å². The first-order valence-electron chi connectivity index (χ1n) is 4.48. The minimum absolute atomic E-state index is 0.125. The topological polar surface area (TPSA) is 26.3 Å². The Morgan fingerprint density at radius 3 is 1.88 bits per heavy atom. The van der Waals surface area contributed by atoms with Crippen molar-refractivity contribution in [2.45, 2.75) is 32.2 Å². The first kappa shape index (κ1) is 18.5. The van der Waals surface area contributed by atoms with E-state index in [9.17, 15) is 4.79 Å². The number of ether oxygens (including phenoxy) is 1. The van der Waals surface area contributed by atoms with Gasteiger partial charge in [-0.15, -0.1) is 0 Å². The molecular formula is C8H9Cl7O2. The number of halogens is 7. The van der Waals surface area contributed by atoms with Gasteiger partial charge in [0.25, 0.3) is 4.33 Å². The molecule has 0 atom stereocenters. The van der Waals surface area contributed by atoms with Gasteiger partial charge in [0.15, 0.2) is 0 Å². The lowest BCUT2D eigenvalue weighted by Crippen LogP contribution is -2.52. The molecule has 0 N–H and O–H groups in total. The van der Waals surface area contributed by atoms with Crippen molar-refractivity contribution in [2.24, 2.45) is 0 Å². The Balaban J connectivity index is 4.82. The second-order valence-electron chi connectivity index (χ2n) is 3.14. The van der Waals surface area contributed by atoms with Crippen molar-refractivity contribution in [3.63, 3.8) is 0 Å². The molecule has 0 saturated heterocycles. The molecule has 0 bridgehead atoms. The van der Waals surface area contributed by atoms with Crippen molar-refractivity contribution in [3.05, 3.63) is 0 Å². The fourth-order valence-corrected chi connectivity index (χ4v) is 1.97. The van der Waals surface area contributed by atoms with E-state index in [2.05, 4.69) is 0 Å². The van der Waals surface area contributed by atoms with Crippen molar-refractivity contribution < 1.29 is 9.53 Å². The van der Waals surface area contributed by atoms with Crippen LogP contribution in [0, 0.1) is 0 Å². The van der Waals surface area contributed by atoms with E-state index in [0.717, 1.165) is 6.42 Å². The smallest absolute Gasteiger partial charge is 0.346 e. The third-order valence-electron chi connectivity index (χ3n) is 1.74. The fourth-order valence-electron chi connectivity index (χ4n) is 0.706. The molecule has 0 saturated carbocycles. The van der Waals surface area contributed by atoms with Crippen LogP contribution in [-0.2, 0) is 9.53 Å². The summed E-state index contributed by atoms with van der Waals surface area (Å²) in [4.78, 5) is 11.6. The van der Waals surface area contributed by atoms with Gasteiger partial charge in [-0.05, 0) is 6.42 Å². The van der Waals surface area contributed by atoms with Crippen molar-refractivity contribution in [1.29, 1.82) is 0 Å². The number of carbonyl (C=O) groups excluding carboxylic acids is 1. The van der Waals surface area contributed by atoms with Crippen LogP contribution in [0.5, 0.6) is 0 Å².